The summed E-state index contributed by atoms with van der Waals surface area (Å²) in [6.45, 7) is 31.7. The van der Waals surface area contributed by atoms with E-state index >= 15 is 0 Å². The van der Waals surface area contributed by atoms with Crippen LogP contribution in [0.3, 0.4) is 0 Å². The third-order valence-electron chi connectivity index (χ3n) is 22.2. The molecule has 0 radical (unpaired) electrons. The normalized spacial score (nSPS) is 30.9. The van der Waals surface area contributed by atoms with E-state index in [-0.39, 0.29) is 108 Å². The van der Waals surface area contributed by atoms with Crippen molar-refractivity contribution in [3.63, 3.8) is 0 Å². The lowest BCUT2D eigenvalue weighted by Crippen LogP contribution is -2.48. The molecule has 13 saturated heterocycles. The fraction of sp³-hybridized carbons (Fsp3) is 0.928. The lowest BCUT2D eigenvalue weighted by atomic mass is 9.77. The van der Waals surface area contributed by atoms with Gasteiger partial charge in [-0.25, -0.2) is 0 Å². The van der Waals surface area contributed by atoms with Crippen molar-refractivity contribution in [2.24, 2.45) is 52.3 Å². The van der Waals surface area contributed by atoms with Crippen molar-refractivity contribution in [3.8, 4) is 0 Å². The Morgan fingerprint density at radius 3 is 0.646 bits per heavy atom. The van der Waals surface area contributed by atoms with Gasteiger partial charge in [-0.3, -0.25) is 0 Å². The van der Waals surface area contributed by atoms with Gasteiger partial charge in [0, 0.05) is 49.6 Å². The summed E-state index contributed by atoms with van der Waals surface area (Å²) in [6, 6.07) is 4.41. The van der Waals surface area contributed by atoms with Crippen LogP contribution < -0.4 is 0 Å². The van der Waals surface area contributed by atoms with Crippen LogP contribution in [0.2, 0.25) is 0 Å². The Bertz CT molecular complexity index is 2460. The molecule has 113 heavy (non-hydrogen) atoms. The molecule has 30 nitrogen and oxygen atoms in total. The lowest BCUT2D eigenvalue weighted by Gasteiger charge is -2.40. The van der Waals surface area contributed by atoms with Crippen LogP contribution in [0, 0.1) is 52.3 Å². The van der Waals surface area contributed by atoms with Gasteiger partial charge < -0.3 is 142 Å². The summed E-state index contributed by atoms with van der Waals surface area (Å²) in [6.07, 6.45) is 13.6. The Morgan fingerprint density at radius 1 is 0.221 bits per heavy atom. The van der Waals surface area contributed by atoms with Crippen LogP contribution in [0.4, 0.5) is 0 Å². The smallest absolute Gasteiger partial charge is 0.104 e. The van der Waals surface area contributed by atoms with E-state index in [0.29, 0.717) is 204 Å². The molecule has 644 valence electrons. The van der Waals surface area contributed by atoms with Crippen molar-refractivity contribution in [1.82, 2.24) is 0 Å². The summed E-state index contributed by atoms with van der Waals surface area (Å²) in [5, 5.41) is 0. The standard InChI is InChI=1S/C23H38O9.C23H32O7.C19H32O7.C18H30O7/c1-2-17(1)3-26-14-23(15-27-8-21-12-31-21,16-28-9-22-13-32-22)18(4-24-6-19-10-29-19)5-25-7-20-11-30-20;1-2-16(1)5-24-6-17-3-19(8-26-11-22-14-29-22)20(9-27-12-23-15-30-23)4-18(17)7-25-10-21-13-28-21;1-2-14(1)3-20-4-15(5-21-8-17-11-24-17)16(6-22-9-18-12-25-18)7-23-10-19-13-26-19;1-2-14(1)3-19-10-18(11-20-4-15-7-23-15,12-21-5-16-8-24-16)13-22-6-17-9-25-17/h17-22H,1-16H2;3-4,16,21-23H,1-2,5-15H2;14-19H,1-13H2;14-17H,1-13H2. The predicted molar refractivity (Wildman–Crippen MR) is 399 cm³/mol. The Kier molecular flexibility index (Phi) is 34.8. The zero-order chi connectivity index (χ0) is 76.4. The maximum atomic E-state index is 6.25. The average molecular weight is 1610 g/mol. The molecule has 14 unspecified atom stereocenters. The first-order chi connectivity index (χ1) is 55.8. The zero-order valence-electron chi connectivity index (χ0n) is 66.8. The lowest BCUT2D eigenvalue weighted by molar-refractivity contribution is -0.134. The van der Waals surface area contributed by atoms with Crippen LogP contribution in [-0.2, 0) is 169 Å². The first-order valence-electron chi connectivity index (χ1n) is 42.8. The van der Waals surface area contributed by atoms with Crippen LogP contribution in [0.25, 0.3) is 0 Å². The van der Waals surface area contributed by atoms with Gasteiger partial charge in [0.05, 0.1) is 290 Å². The largest absolute Gasteiger partial charge is 0.381 e. The quantitative estimate of drug-likeness (QED) is 0.0806. The Hall–Kier alpha value is -1.98. The van der Waals surface area contributed by atoms with E-state index in [2.05, 4.69) is 12.1 Å². The highest BCUT2D eigenvalue weighted by atomic mass is 16.7. The molecule has 0 aromatic heterocycles. The minimum absolute atomic E-state index is 0.0550. The van der Waals surface area contributed by atoms with Gasteiger partial charge >= 0.3 is 0 Å². The van der Waals surface area contributed by atoms with E-state index in [1.165, 1.54) is 56.9 Å². The summed E-state index contributed by atoms with van der Waals surface area (Å²) in [5.41, 5.74) is 3.93. The van der Waals surface area contributed by atoms with E-state index in [9.17, 15) is 0 Å². The van der Waals surface area contributed by atoms with Gasteiger partial charge in [-0.1, -0.05) is 12.1 Å². The van der Waals surface area contributed by atoms with Crippen molar-refractivity contribution in [2.75, 3.05) is 284 Å². The number of hydrogen-bond acceptors (Lipinski definition) is 30. The van der Waals surface area contributed by atoms with Crippen molar-refractivity contribution in [1.29, 1.82) is 0 Å². The van der Waals surface area contributed by atoms with E-state index in [1.807, 2.05) is 0 Å². The first-order valence-corrected chi connectivity index (χ1v) is 42.8. The molecule has 13 heterocycles. The highest BCUT2D eigenvalue weighted by Crippen LogP contribution is 2.37. The maximum absolute atomic E-state index is 6.25. The van der Waals surface area contributed by atoms with Gasteiger partial charge in [0.1, 0.15) is 79.4 Å². The molecule has 4 saturated carbocycles. The fourth-order valence-electron chi connectivity index (χ4n) is 12.6. The number of hydrogen-bond donors (Lipinski definition) is 0. The number of epoxide rings is 13. The molecule has 14 atom stereocenters. The van der Waals surface area contributed by atoms with Gasteiger partial charge in [0.15, 0.2) is 0 Å². The van der Waals surface area contributed by atoms with Crippen LogP contribution in [0.15, 0.2) is 12.1 Å². The van der Waals surface area contributed by atoms with Crippen molar-refractivity contribution in [2.45, 2.75) is 157 Å². The molecule has 0 amide bonds. The molecule has 13 aliphatic heterocycles. The number of ether oxygens (including phenoxy) is 30. The molecule has 1 aromatic carbocycles. The maximum Gasteiger partial charge on any atom is 0.104 e. The third kappa shape index (κ3) is 37.9. The predicted octanol–water partition coefficient (Wildman–Crippen LogP) is 4.57. The van der Waals surface area contributed by atoms with E-state index in [0.717, 1.165) is 147 Å². The van der Waals surface area contributed by atoms with E-state index in [4.69, 9.17) is 142 Å². The van der Waals surface area contributed by atoms with Crippen LogP contribution in [-0.4, -0.2) is 363 Å². The first kappa shape index (κ1) is 86.0. The van der Waals surface area contributed by atoms with Gasteiger partial charge in [-0.2, -0.15) is 0 Å². The molecule has 18 rings (SSSR count). The SMILES string of the molecule is C1CC1COCC(COCC1CO1)(COCC1CO1)C(COCC1CO1)COCC1CO1.C1CC1COCC(COCC1CO1)(COCC1CO1)COCC1CO1.C1CC1COCC(COCC1CO1)C(COCC1CO1)COCC1CO1.c1c(COCC2CC2)c(COCC2CO2)cc(COCC2CO2)c1COCC1CO1. The molecule has 4 aliphatic carbocycles. The van der Waals surface area contributed by atoms with Gasteiger partial charge in [0.25, 0.3) is 0 Å². The average Bonchev–Trinajstić information content (AvgIpc) is 1.43. The second-order valence-corrected chi connectivity index (χ2v) is 34.6. The second kappa shape index (κ2) is 45.8. The molecule has 1 aromatic rings. The van der Waals surface area contributed by atoms with Crippen LogP contribution in [0.5, 0.6) is 0 Å². The van der Waals surface area contributed by atoms with Gasteiger partial charge in [-0.05, 0) is 97.3 Å². The minimum atomic E-state index is -0.381. The topological polar surface area (TPSA) is 320 Å². The van der Waals surface area contributed by atoms with Crippen molar-refractivity contribution in [3.05, 3.63) is 34.4 Å². The van der Waals surface area contributed by atoms with E-state index < -0.39 is 0 Å². The molecule has 0 bridgehead atoms. The molecule has 17 fully saturated rings. The molecular formula is C83H132O30. The minimum Gasteiger partial charge on any atom is -0.381 e. The summed E-state index contributed by atoms with van der Waals surface area (Å²) in [7, 11) is 0. The molecule has 17 aliphatic rings. The van der Waals surface area contributed by atoms with Crippen molar-refractivity contribution >= 4 is 0 Å². The highest BCUT2D eigenvalue weighted by Gasteiger charge is 2.45. The van der Waals surface area contributed by atoms with Crippen LogP contribution >= 0.6 is 0 Å². The zero-order valence-corrected chi connectivity index (χ0v) is 66.8. The van der Waals surface area contributed by atoms with Gasteiger partial charge in [0.2, 0.25) is 0 Å². The third-order valence-corrected chi connectivity index (χ3v) is 22.2. The molecule has 0 N–H and O–H groups in total. The fourth-order valence-corrected chi connectivity index (χ4v) is 12.6. The number of benzene rings is 1. The van der Waals surface area contributed by atoms with Crippen LogP contribution in [0.1, 0.15) is 73.6 Å². The molecular weight excluding hydrogens is 1480 g/mol. The summed E-state index contributed by atoms with van der Waals surface area (Å²) >= 11 is 0. The van der Waals surface area contributed by atoms with E-state index in [1.54, 1.807) is 0 Å². The Balaban J connectivity index is 0.000000120. The second-order valence-electron chi connectivity index (χ2n) is 34.6. The van der Waals surface area contributed by atoms with Gasteiger partial charge in [-0.15, -0.1) is 0 Å². The highest BCUT2D eigenvalue weighted by molar-refractivity contribution is 5.38. The number of rotatable bonds is 70. The Morgan fingerprint density at radius 2 is 0.398 bits per heavy atom. The Labute approximate surface area is 667 Å². The molecule has 30 heteroatoms. The summed E-state index contributed by atoms with van der Waals surface area (Å²) in [4.78, 5) is 0. The van der Waals surface area contributed by atoms with Crippen molar-refractivity contribution < 1.29 is 142 Å². The summed E-state index contributed by atoms with van der Waals surface area (Å²) in [5.74, 6) is 3.50. The molecule has 0 spiro atoms. The monoisotopic (exact) mass is 1610 g/mol. The summed E-state index contributed by atoms with van der Waals surface area (Å²) < 4.78 is 170.